The van der Waals surface area contributed by atoms with Crippen molar-refractivity contribution in [3.05, 3.63) is 29.8 Å². The Kier molecular flexibility index (Phi) is 4.44. The Bertz CT molecular complexity index is 513. The van der Waals surface area contributed by atoms with E-state index in [9.17, 15) is 8.42 Å². The van der Waals surface area contributed by atoms with Crippen LogP contribution in [0.5, 0.6) is 0 Å². The number of rotatable bonds is 5. The van der Waals surface area contributed by atoms with Crippen molar-refractivity contribution >= 4 is 15.7 Å². The summed E-state index contributed by atoms with van der Waals surface area (Å²) in [7, 11) is -1.60. The number of nitrogens with zero attached hydrogens (tertiary/aromatic N) is 1. The molecule has 1 fully saturated rings. The van der Waals surface area contributed by atoms with Gasteiger partial charge in [0.15, 0.2) is 0 Å². The van der Waals surface area contributed by atoms with Crippen LogP contribution < -0.4 is 5.73 Å². The lowest BCUT2D eigenvalue weighted by Crippen LogP contribution is -2.30. The summed E-state index contributed by atoms with van der Waals surface area (Å²) in [6.07, 6.45) is 0.870. The zero-order valence-corrected chi connectivity index (χ0v) is 11.9. The number of sulfonamides is 1. The number of nitrogen functional groups attached to an aromatic ring is 1. The van der Waals surface area contributed by atoms with E-state index < -0.39 is 10.0 Å². The molecule has 106 valence electrons. The molecule has 0 aromatic heterocycles. The average Bonchev–Trinajstić information content (AvgIpc) is 2.82. The first-order valence-electron chi connectivity index (χ1n) is 6.32. The standard InChI is InChI=1S/C13H20N2O3S/c1-18-9-12-6-7-15(8-12)19(16,17)10-11-2-4-13(14)5-3-11/h2-5,12H,6-10,14H2,1H3. The maximum Gasteiger partial charge on any atom is 0.218 e. The molecule has 1 aliphatic heterocycles. The van der Waals surface area contributed by atoms with Crippen LogP contribution in [-0.2, 0) is 20.5 Å². The topological polar surface area (TPSA) is 72.6 Å². The van der Waals surface area contributed by atoms with Crippen molar-refractivity contribution in [3.8, 4) is 0 Å². The molecule has 0 saturated carbocycles. The first kappa shape index (κ1) is 14.3. The fraction of sp³-hybridized carbons (Fsp3) is 0.538. The minimum Gasteiger partial charge on any atom is -0.399 e. The van der Waals surface area contributed by atoms with Gasteiger partial charge in [-0.25, -0.2) is 12.7 Å². The highest BCUT2D eigenvalue weighted by molar-refractivity contribution is 7.88. The fourth-order valence-corrected chi connectivity index (χ4v) is 3.96. The van der Waals surface area contributed by atoms with Crippen molar-refractivity contribution in [3.63, 3.8) is 0 Å². The molecule has 0 aliphatic carbocycles. The minimum atomic E-state index is -3.24. The predicted octanol–water partition coefficient (Wildman–Crippen LogP) is 1.07. The van der Waals surface area contributed by atoms with E-state index in [1.165, 1.54) is 0 Å². The fourth-order valence-electron chi connectivity index (χ4n) is 2.34. The van der Waals surface area contributed by atoms with E-state index >= 15 is 0 Å². The van der Waals surface area contributed by atoms with Crippen molar-refractivity contribution in [1.82, 2.24) is 4.31 Å². The Morgan fingerprint density at radius 2 is 2.05 bits per heavy atom. The molecule has 2 N–H and O–H groups in total. The second-order valence-corrected chi connectivity index (χ2v) is 6.93. The Morgan fingerprint density at radius 3 is 2.68 bits per heavy atom. The Hall–Kier alpha value is -1.11. The summed E-state index contributed by atoms with van der Waals surface area (Å²) in [5, 5.41) is 0. The summed E-state index contributed by atoms with van der Waals surface area (Å²) in [6, 6.07) is 6.97. The van der Waals surface area contributed by atoms with Crippen molar-refractivity contribution < 1.29 is 13.2 Å². The zero-order valence-electron chi connectivity index (χ0n) is 11.1. The van der Waals surface area contributed by atoms with E-state index in [1.54, 1.807) is 35.7 Å². The maximum atomic E-state index is 12.3. The van der Waals surface area contributed by atoms with Crippen LogP contribution in [0.3, 0.4) is 0 Å². The summed E-state index contributed by atoms with van der Waals surface area (Å²) >= 11 is 0. The Morgan fingerprint density at radius 1 is 1.37 bits per heavy atom. The molecule has 1 aromatic rings. The number of ether oxygens (including phenoxy) is 1. The Labute approximate surface area is 114 Å². The van der Waals surface area contributed by atoms with Crippen LogP contribution in [0.4, 0.5) is 5.69 Å². The van der Waals surface area contributed by atoms with Crippen molar-refractivity contribution in [2.75, 3.05) is 32.5 Å². The van der Waals surface area contributed by atoms with Gasteiger partial charge in [-0.05, 0) is 30.0 Å². The molecule has 5 nitrogen and oxygen atoms in total. The number of nitrogens with two attached hydrogens (primary N) is 1. The van der Waals surface area contributed by atoms with Gasteiger partial charge in [0.2, 0.25) is 10.0 Å². The van der Waals surface area contributed by atoms with Gasteiger partial charge >= 0.3 is 0 Å². The van der Waals surface area contributed by atoms with E-state index in [0.29, 0.717) is 31.3 Å². The molecule has 2 rings (SSSR count). The van der Waals surface area contributed by atoms with Gasteiger partial charge in [0.25, 0.3) is 0 Å². The van der Waals surface area contributed by atoms with Crippen LogP contribution in [-0.4, -0.2) is 39.5 Å². The first-order chi connectivity index (χ1) is 9.01. The molecule has 1 saturated heterocycles. The molecule has 0 spiro atoms. The molecule has 6 heteroatoms. The molecule has 0 bridgehead atoms. The van der Waals surface area contributed by atoms with Gasteiger partial charge in [0, 0.05) is 25.9 Å². The SMILES string of the molecule is COCC1CCN(S(=O)(=O)Cc2ccc(N)cc2)C1. The monoisotopic (exact) mass is 284 g/mol. The molecule has 1 aromatic carbocycles. The number of anilines is 1. The molecule has 1 aliphatic rings. The quantitative estimate of drug-likeness (QED) is 0.821. The van der Waals surface area contributed by atoms with E-state index in [2.05, 4.69) is 0 Å². The molecule has 1 atom stereocenters. The third-order valence-corrected chi connectivity index (χ3v) is 5.19. The van der Waals surface area contributed by atoms with E-state index in [0.717, 1.165) is 12.0 Å². The van der Waals surface area contributed by atoms with Crippen LogP contribution in [0.25, 0.3) is 0 Å². The van der Waals surface area contributed by atoms with Crippen molar-refractivity contribution in [2.24, 2.45) is 5.92 Å². The molecule has 0 amide bonds. The van der Waals surface area contributed by atoms with Gasteiger partial charge in [-0.3, -0.25) is 0 Å². The highest BCUT2D eigenvalue weighted by Gasteiger charge is 2.31. The van der Waals surface area contributed by atoms with E-state index in [-0.39, 0.29) is 5.75 Å². The van der Waals surface area contributed by atoms with Gasteiger partial charge in [-0.2, -0.15) is 0 Å². The summed E-state index contributed by atoms with van der Waals surface area (Å²) in [5.41, 5.74) is 7.00. The van der Waals surface area contributed by atoms with Crippen molar-refractivity contribution in [2.45, 2.75) is 12.2 Å². The highest BCUT2D eigenvalue weighted by Crippen LogP contribution is 2.22. The average molecular weight is 284 g/mol. The normalized spacial score (nSPS) is 20.8. The molecular weight excluding hydrogens is 264 g/mol. The summed E-state index contributed by atoms with van der Waals surface area (Å²) in [6.45, 7) is 1.77. The lowest BCUT2D eigenvalue weighted by Gasteiger charge is -2.16. The predicted molar refractivity (Wildman–Crippen MR) is 75.0 cm³/mol. The van der Waals surface area contributed by atoms with Gasteiger partial charge in [0.1, 0.15) is 0 Å². The molecular formula is C13H20N2O3S. The lowest BCUT2D eigenvalue weighted by atomic mass is 10.1. The molecule has 1 unspecified atom stereocenters. The zero-order chi connectivity index (χ0) is 13.9. The number of hydrogen-bond acceptors (Lipinski definition) is 4. The number of methoxy groups -OCH3 is 1. The second-order valence-electron chi connectivity index (χ2n) is 4.97. The number of benzene rings is 1. The third kappa shape index (κ3) is 3.68. The minimum absolute atomic E-state index is 0.0347. The summed E-state index contributed by atoms with van der Waals surface area (Å²) in [4.78, 5) is 0. The largest absolute Gasteiger partial charge is 0.399 e. The lowest BCUT2D eigenvalue weighted by molar-refractivity contribution is 0.157. The molecule has 0 radical (unpaired) electrons. The smallest absolute Gasteiger partial charge is 0.218 e. The second kappa shape index (κ2) is 5.90. The first-order valence-corrected chi connectivity index (χ1v) is 7.93. The van der Waals surface area contributed by atoms with Crippen LogP contribution in [0.15, 0.2) is 24.3 Å². The van der Waals surface area contributed by atoms with Crippen molar-refractivity contribution in [1.29, 1.82) is 0 Å². The Balaban J connectivity index is 2.01. The van der Waals surface area contributed by atoms with E-state index in [1.807, 2.05) is 0 Å². The molecule has 19 heavy (non-hydrogen) atoms. The van der Waals surface area contributed by atoms with Crippen LogP contribution >= 0.6 is 0 Å². The van der Waals surface area contributed by atoms with Gasteiger partial charge < -0.3 is 10.5 Å². The number of hydrogen-bond donors (Lipinski definition) is 1. The van der Waals surface area contributed by atoms with Gasteiger partial charge in [0.05, 0.1) is 12.4 Å². The van der Waals surface area contributed by atoms with Gasteiger partial charge in [-0.15, -0.1) is 0 Å². The van der Waals surface area contributed by atoms with E-state index in [4.69, 9.17) is 10.5 Å². The maximum absolute atomic E-state index is 12.3. The third-order valence-electron chi connectivity index (χ3n) is 3.37. The summed E-state index contributed by atoms with van der Waals surface area (Å²) in [5.74, 6) is 0.346. The van der Waals surface area contributed by atoms with Crippen LogP contribution in [0.2, 0.25) is 0 Å². The summed E-state index contributed by atoms with van der Waals surface area (Å²) < 4.78 is 31.2. The molecule has 1 heterocycles. The van der Waals surface area contributed by atoms with Crippen LogP contribution in [0.1, 0.15) is 12.0 Å². The van der Waals surface area contributed by atoms with Crippen LogP contribution in [0, 0.1) is 5.92 Å². The van der Waals surface area contributed by atoms with Gasteiger partial charge in [-0.1, -0.05) is 12.1 Å². The highest BCUT2D eigenvalue weighted by atomic mass is 32.2.